The number of sulfone groups is 1. The van der Waals surface area contributed by atoms with E-state index in [-0.39, 0.29) is 10.7 Å². The fourth-order valence-corrected chi connectivity index (χ4v) is 4.86. The van der Waals surface area contributed by atoms with E-state index in [1.54, 1.807) is 0 Å². The summed E-state index contributed by atoms with van der Waals surface area (Å²) in [4.78, 5) is 0.163. The molecular formula is C12H21N3O2S2. The average molecular weight is 303 g/mol. The standard InChI is InChI=1S/C12H21N3O2S2/c1-3-8-5-4-6-9(7-8)14-12-10(19(2,16)17)11(13)15-18-12/h8-9,14H,3-7H2,1-2H3,(H2,13,15). The van der Waals surface area contributed by atoms with Crippen molar-refractivity contribution in [2.24, 2.45) is 5.92 Å². The fourth-order valence-electron chi connectivity index (χ4n) is 2.72. The minimum atomic E-state index is -3.33. The third kappa shape index (κ3) is 3.39. The highest BCUT2D eigenvalue weighted by molar-refractivity contribution is 7.91. The summed E-state index contributed by atoms with van der Waals surface area (Å²) in [6, 6.07) is 0.332. The molecular weight excluding hydrogens is 282 g/mol. The van der Waals surface area contributed by atoms with Crippen molar-refractivity contribution in [3.8, 4) is 0 Å². The van der Waals surface area contributed by atoms with E-state index in [9.17, 15) is 8.42 Å². The molecule has 1 aromatic heterocycles. The Hall–Kier alpha value is -0.820. The molecule has 7 heteroatoms. The number of hydrogen-bond acceptors (Lipinski definition) is 6. The Morgan fingerprint density at radius 3 is 2.84 bits per heavy atom. The third-order valence-corrected chi connectivity index (χ3v) is 5.82. The maximum absolute atomic E-state index is 11.7. The molecule has 5 nitrogen and oxygen atoms in total. The largest absolute Gasteiger partial charge is 0.382 e. The molecule has 0 bridgehead atoms. The van der Waals surface area contributed by atoms with Gasteiger partial charge in [0, 0.05) is 12.3 Å². The van der Waals surface area contributed by atoms with Gasteiger partial charge in [-0.2, -0.15) is 4.37 Å². The van der Waals surface area contributed by atoms with Crippen LogP contribution in [0.1, 0.15) is 39.0 Å². The predicted molar refractivity (Wildman–Crippen MR) is 79.3 cm³/mol. The summed E-state index contributed by atoms with van der Waals surface area (Å²) in [5.74, 6) is 0.844. The molecule has 0 amide bonds. The van der Waals surface area contributed by atoms with Gasteiger partial charge in [0.1, 0.15) is 9.90 Å². The Balaban J connectivity index is 2.16. The number of nitrogens with two attached hydrogens (primary N) is 1. The maximum atomic E-state index is 11.7. The lowest BCUT2D eigenvalue weighted by Gasteiger charge is -2.29. The van der Waals surface area contributed by atoms with E-state index in [1.165, 1.54) is 25.5 Å². The van der Waals surface area contributed by atoms with E-state index in [1.807, 2.05) is 0 Å². The molecule has 19 heavy (non-hydrogen) atoms. The van der Waals surface area contributed by atoms with Crippen molar-refractivity contribution in [1.82, 2.24) is 4.37 Å². The van der Waals surface area contributed by atoms with Crippen molar-refractivity contribution in [2.75, 3.05) is 17.3 Å². The van der Waals surface area contributed by atoms with Gasteiger partial charge < -0.3 is 11.1 Å². The van der Waals surface area contributed by atoms with E-state index in [4.69, 9.17) is 5.73 Å². The molecule has 1 aromatic rings. The molecule has 0 aliphatic heterocycles. The molecule has 2 unspecified atom stereocenters. The molecule has 2 atom stereocenters. The van der Waals surface area contributed by atoms with Gasteiger partial charge in [0.2, 0.25) is 0 Å². The summed E-state index contributed by atoms with van der Waals surface area (Å²) in [7, 11) is -3.33. The quantitative estimate of drug-likeness (QED) is 0.892. The molecule has 0 saturated heterocycles. The zero-order chi connectivity index (χ0) is 14.0. The molecule has 3 N–H and O–H groups in total. The minimum absolute atomic E-state index is 0.109. The van der Waals surface area contributed by atoms with Crippen LogP contribution in [0.15, 0.2) is 4.90 Å². The Kier molecular flexibility index (Phi) is 4.35. The van der Waals surface area contributed by atoms with Crippen molar-refractivity contribution >= 4 is 32.2 Å². The molecule has 1 saturated carbocycles. The van der Waals surface area contributed by atoms with Crippen LogP contribution in [0.2, 0.25) is 0 Å². The fraction of sp³-hybridized carbons (Fsp3) is 0.750. The van der Waals surface area contributed by atoms with Crippen molar-refractivity contribution in [1.29, 1.82) is 0 Å². The van der Waals surface area contributed by atoms with Crippen molar-refractivity contribution in [3.05, 3.63) is 0 Å². The summed E-state index contributed by atoms with van der Waals surface area (Å²) >= 11 is 1.14. The number of anilines is 2. The minimum Gasteiger partial charge on any atom is -0.382 e. The van der Waals surface area contributed by atoms with E-state index in [0.717, 1.165) is 30.3 Å². The third-order valence-electron chi connectivity index (χ3n) is 3.74. The van der Waals surface area contributed by atoms with Crippen LogP contribution in [0.3, 0.4) is 0 Å². The van der Waals surface area contributed by atoms with Gasteiger partial charge in [-0.25, -0.2) is 8.42 Å². The Bertz CT molecular complexity index is 539. The second kappa shape index (κ2) is 5.66. The first kappa shape index (κ1) is 14.6. The maximum Gasteiger partial charge on any atom is 0.182 e. The van der Waals surface area contributed by atoms with Gasteiger partial charge in [-0.1, -0.05) is 26.2 Å². The van der Waals surface area contributed by atoms with Crippen LogP contribution in [0.5, 0.6) is 0 Å². The van der Waals surface area contributed by atoms with Gasteiger partial charge in [0.15, 0.2) is 15.7 Å². The first-order valence-corrected chi connectivity index (χ1v) is 9.30. The molecule has 1 heterocycles. The Labute approximate surface area is 118 Å². The average Bonchev–Trinajstić information content (AvgIpc) is 2.70. The Morgan fingerprint density at radius 1 is 1.47 bits per heavy atom. The second-order valence-corrected chi connectivity index (χ2v) is 8.01. The van der Waals surface area contributed by atoms with Gasteiger partial charge in [0.25, 0.3) is 0 Å². The zero-order valence-corrected chi connectivity index (χ0v) is 13.0. The summed E-state index contributed by atoms with van der Waals surface area (Å²) in [6.45, 7) is 2.21. The highest BCUT2D eigenvalue weighted by Crippen LogP contribution is 2.35. The van der Waals surface area contributed by atoms with Crippen LogP contribution in [-0.4, -0.2) is 25.1 Å². The number of rotatable bonds is 4. The van der Waals surface area contributed by atoms with Gasteiger partial charge in [-0.05, 0) is 30.3 Å². The number of hydrogen-bond donors (Lipinski definition) is 2. The first-order valence-electron chi connectivity index (χ1n) is 6.63. The molecule has 108 valence electrons. The van der Waals surface area contributed by atoms with Crippen LogP contribution < -0.4 is 11.1 Å². The molecule has 2 rings (SSSR count). The molecule has 1 aliphatic rings. The van der Waals surface area contributed by atoms with E-state index in [2.05, 4.69) is 16.6 Å². The topological polar surface area (TPSA) is 85.1 Å². The summed E-state index contributed by atoms with van der Waals surface area (Å²) in [5, 5.41) is 3.94. The van der Waals surface area contributed by atoms with Crippen molar-refractivity contribution in [3.63, 3.8) is 0 Å². The van der Waals surface area contributed by atoms with E-state index >= 15 is 0 Å². The van der Waals surface area contributed by atoms with E-state index in [0.29, 0.717) is 11.0 Å². The monoisotopic (exact) mass is 303 g/mol. The smallest absolute Gasteiger partial charge is 0.182 e. The second-order valence-electron chi connectivity index (χ2n) is 5.28. The van der Waals surface area contributed by atoms with Crippen LogP contribution in [-0.2, 0) is 9.84 Å². The molecule has 1 aliphatic carbocycles. The van der Waals surface area contributed by atoms with E-state index < -0.39 is 9.84 Å². The Morgan fingerprint density at radius 2 is 2.21 bits per heavy atom. The van der Waals surface area contributed by atoms with Gasteiger partial charge in [-0.3, -0.25) is 0 Å². The number of nitrogen functional groups attached to an aromatic ring is 1. The SMILES string of the molecule is CCC1CCCC(Nc2snc(N)c2S(C)(=O)=O)C1. The lowest BCUT2D eigenvalue weighted by molar-refractivity contribution is 0.327. The first-order chi connectivity index (χ1) is 8.91. The van der Waals surface area contributed by atoms with Crippen molar-refractivity contribution < 1.29 is 8.42 Å². The molecule has 1 fully saturated rings. The lowest BCUT2D eigenvalue weighted by atomic mass is 9.84. The normalized spacial score (nSPS) is 24.3. The van der Waals surface area contributed by atoms with Crippen LogP contribution in [0, 0.1) is 5.92 Å². The molecule has 0 radical (unpaired) electrons. The highest BCUT2D eigenvalue weighted by Gasteiger charge is 2.26. The summed E-state index contributed by atoms with van der Waals surface area (Å²) in [5.41, 5.74) is 5.67. The number of nitrogens with zero attached hydrogens (tertiary/aromatic N) is 1. The molecule has 0 aromatic carbocycles. The van der Waals surface area contributed by atoms with Crippen molar-refractivity contribution in [2.45, 2.75) is 50.0 Å². The predicted octanol–water partition coefficient (Wildman–Crippen LogP) is 2.51. The van der Waals surface area contributed by atoms with Gasteiger partial charge in [0.05, 0.1) is 0 Å². The lowest BCUT2D eigenvalue weighted by Crippen LogP contribution is -2.27. The summed E-state index contributed by atoms with van der Waals surface area (Å²) in [6.07, 6.45) is 7.00. The van der Waals surface area contributed by atoms with Crippen LogP contribution in [0.25, 0.3) is 0 Å². The van der Waals surface area contributed by atoms with Gasteiger partial charge >= 0.3 is 0 Å². The summed E-state index contributed by atoms with van der Waals surface area (Å²) < 4.78 is 27.5. The highest BCUT2D eigenvalue weighted by atomic mass is 32.2. The number of nitrogens with one attached hydrogen (secondary N) is 1. The van der Waals surface area contributed by atoms with Gasteiger partial charge in [-0.15, -0.1) is 0 Å². The van der Waals surface area contributed by atoms with Crippen LogP contribution >= 0.6 is 11.5 Å². The van der Waals surface area contributed by atoms with Crippen LogP contribution in [0.4, 0.5) is 10.8 Å². The molecule has 0 spiro atoms. The number of aromatic nitrogens is 1. The zero-order valence-electron chi connectivity index (χ0n) is 11.3.